The molecule has 0 amide bonds. The highest BCUT2D eigenvalue weighted by Gasteiger charge is 2.23. The Hall–Kier alpha value is -0.940. The minimum Gasteiger partial charge on any atom is -0.373 e. The average Bonchev–Trinajstić information content (AvgIpc) is 2.94. The molecular formula is C15H27N3O2. The molecule has 2 rings (SSSR count). The van der Waals surface area contributed by atoms with Gasteiger partial charge in [-0.25, -0.2) is 0 Å². The highest BCUT2D eigenvalue weighted by molar-refractivity contribution is 4.93. The fraction of sp³-hybridized carbons (Fsp3) is 0.867. The van der Waals surface area contributed by atoms with E-state index in [0.29, 0.717) is 17.7 Å². The first-order valence-corrected chi connectivity index (χ1v) is 7.80. The van der Waals surface area contributed by atoms with Crippen molar-refractivity contribution >= 4 is 0 Å². The van der Waals surface area contributed by atoms with Crippen LogP contribution in [0.15, 0.2) is 4.52 Å². The molecule has 0 spiro atoms. The summed E-state index contributed by atoms with van der Waals surface area (Å²) in [6.45, 7) is 6.67. The Morgan fingerprint density at radius 3 is 3.00 bits per heavy atom. The lowest BCUT2D eigenvalue weighted by atomic mass is 9.85. The number of aromatic nitrogens is 2. The Kier molecular flexibility index (Phi) is 5.98. The van der Waals surface area contributed by atoms with Crippen molar-refractivity contribution in [1.29, 1.82) is 0 Å². The van der Waals surface area contributed by atoms with Crippen LogP contribution in [0.4, 0.5) is 0 Å². The first kappa shape index (κ1) is 15.4. The van der Waals surface area contributed by atoms with Crippen LogP contribution in [0.5, 0.6) is 0 Å². The van der Waals surface area contributed by atoms with E-state index in [2.05, 4.69) is 29.3 Å². The van der Waals surface area contributed by atoms with E-state index in [1.807, 2.05) is 0 Å². The van der Waals surface area contributed by atoms with Crippen molar-refractivity contribution in [2.75, 3.05) is 20.2 Å². The van der Waals surface area contributed by atoms with Gasteiger partial charge in [-0.05, 0) is 44.2 Å². The van der Waals surface area contributed by atoms with Gasteiger partial charge in [-0.15, -0.1) is 0 Å². The minimum atomic E-state index is -0.0378. The van der Waals surface area contributed by atoms with Crippen LogP contribution in [0.25, 0.3) is 0 Å². The van der Waals surface area contributed by atoms with E-state index in [1.165, 1.54) is 12.8 Å². The van der Waals surface area contributed by atoms with Gasteiger partial charge in [0.05, 0.1) is 0 Å². The zero-order chi connectivity index (χ0) is 14.4. The zero-order valence-corrected chi connectivity index (χ0v) is 12.9. The van der Waals surface area contributed by atoms with Gasteiger partial charge in [-0.3, -0.25) is 0 Å². The molecule has 1 aromatic heterocycles. The number of hydrogen-bond acceptors (Lipinski definition) is 5. The second-order valence-corrected chi connectivity index (χ2v) is 5.85. The van der Waals surface area contributed by atoms with Crippen molar-refractivity contribution in [1.82, 2.24) is 15.5 Å². The summed E-state index contributed by atoms with van der Waals surface area (Å²) in [4.78, 5) is 4.51. The summed E-state index contributed by atoms with van der Waals surface area (Å²) in [6.07, 6.45) is 5.37. The molecular weight excluding hydrogens is 254 g/mol. The average molecular weight is 281 g/mol. The Bertz CT molecular complexity index is 388. The number of hydrogen-bond donors (Lipinski definition) is 1. The number of ether oxygens (including phenoxy) is 1. The molecule has 0 aromatic carbocycles. The number of rotatable bonds is 7. The van der Waals surface area contributed by atoms with Crippen LogP contribution in [0.1, 0.15) is 57.3 Å². The molecule has 1 aliphatic heterocycles. The van der Waals surface area contributed by atoms with Gasteiger partial charge in [-0.1, -0.05) is 25.4 Å². The smallest absolute Gasteiger partial charge is 0.227 e. The van der Waals surface area contributed by atoms with Crippen molar-refractivity contribution in [2.24, 2.45) is 11.8 Å². The number of nitrogens with zero attached hydrogens (tertiary/aromatic N) is 2. The first-order valence-electron chi connectivity index (χ1n) is 7.80. The van der Waals surface area contributed by atoms with Crippen molar-refractivity contribution in [2.45, 2.75) is 52.1 Å². The standard InChI is InChI=1S/C15H27N3O2/c1-4-6-13(19-3)15-17-14(20-18-15)9-11(2)12-7-5-8-16-10-12/h11-13,16H,4-10H2,1-3H3. The highest BCUT2D eigenvalue weighted by atomic mass is 16.5. The summed E-state index contributed by atoms with van der Waals surface area (Å²) in [7, 11) is 1.70. The van der Waals surface area contributed by atoms with Gasteiger partial charge in [0.1, 0.15) is 6.10 Å². The highest BCUT2D eigenvalue weighted by Crippen LogP contribution is 2.24. The molecule has 1 N–H and O–H groups in total. The lowest BCUT2D eigenvalue weighted by molar-refractivity contribution is 0.0854. The lowest BCUT2D eigenvalue weighted by Crippen LogP contribution is -2.33. The first-order chi connectivity index (χ1) is 9.74. The number of nitrogens with one attached hydrogen (secondary N) is 1. The van der Waals surface area contributed by atoms with Gasteiger partial charge in [0.2, 0.25) is 11.7 Å². The van der Waals surface area contributed by atoms with E-state index in [4.69, 9.17) is 9.26 Å². The van der Waals surface area contributed by atoms with Crippen LogP contribution < -0.4 is 5.32 Å². The molecule has 0 saturated carbocycles. The third-order valence-corrected chi connectivity index (χ3v) is 4.24. The fourth-order valence-electron chi connectivity index (χ4n) is 2.90. The molecule has 20 heavy (non-hydrogen) atoms. The van der Waals surface area contributed by atoms with Gasteiger partial charge in [0.25, 0.3) is 0 Å². The van der Waals surface area contributed by atoms with E-state index in [0.717, 1.165) is 38.2 Å². The van der Waals surface area contributed by atoms with E-state index < -0.39 is 0 Å². The van der Waals surface area contributed by atoms with Gasteiger partial charge in [0, 0.05) is 13.5 Å². The second kappa shape index (κ2) is 7.74. The third-order valence-electron chi connectivity index (χ3n) is 4.24. The summed E-state index contributed by atoms with van der Waals surface area (Å²) in [5.74, 6) is 2.73. The molecule has 1 fully saturated rings. The molecule has 5 nitrogen and oxygen atoms in total. The minimum absolute atomic E-state index is 0.0378. The molecule has 5 heteroatoms. The molecule has 3 unspecified atom stereocenters. The van der Waals surface area contributed by atoms with Gasteiger partial charge in [0.15, 0.2) is 0 Å². The Morgan fingerprint density at radius 2 is 2.35 bits per heavy atom. The predicted octanol–water partition coefficient (Wildman–Crippen LogP) is 2.74. The van der Waals surface area contributed by atoms with Crippen molar-refractivity contribution in [3.05, 3.63) is 11.7 Å². The number of piperidine rings is 1. The summed E-state index contributed by atoms with van der Waals surface area (Å²) in [5, 5.41) is 7.54. The van der Waals surface area contributed by atoms with Crippen LogP contribution in [-0.2, 0) is 11.2 Å². The molecule has 2 heterocycles. The van der Waals surface area contributed by atoms with Gasteiger partial charge in [-0.2, -0.15) is 4.98 Å². The van der Waals surface area contributed by atoms with Crippen molar-refractivity contribution in [3.63, 3.8) is 0 Å². The molecule has 1 aliphatic rings. The summed E-state index contributed by atoms with van der Waals surface area (Å²) in [6, 6.07) is 0. The maximum Gasteiger partial charge on any atom is 0.227 e. The molecule has 1 saturated heterocycles. The van der Waals surface area contributed by atoms with Crippen LogP contribution in [0, 0.1) is 11.8 Å². The van der Waals surface area contributed by atoms with Gasteiger partial charge >= 0.3 is 0 Å². The fourth-order valence-corrected chi connectivity index (χ4v) is 2.90. The van der Waals surface area contributed by atoms with Crippen LogP contribution in [-0.4, -0.2) is 30.3 Å². The molecule has 3 atom stereocenters. The largest absolute Gasteiger partial charge is 0.373 e. The summed E-state index contributed by atoms with van der Waals surface area (Å²) in [5.41, 5.74) is 0. The predicted molar refractivity (Wildman–Crippen MR) is 77.4 cm³/mol. The van der Waals surface area contributed by atoms with E-state index in [9.17, 15) is 0 Å². The molecule has 0 bridgehead atoms. The second-order valence-electron chi connectivity index (χ2n) is 5.85. The third kappa shape index (κ3) is 4.03. The normalized spacial score (nSPS) is 22.6. The maximum atomic E-state index is 5.42. The van der Waals surface area contributed by atoms with E-state index in [1.54, 1.807) is 7.11 Å². The van der Waals surface area contributed by atoms with Crippen molar-refractivity contribution in [3.8, 4) is 0 Å². The van der Waals surface area contributed by atoms with Crippen LogP contribution >= 0.6 is 0 Å². The Labute approximate surface area is 121 Å². The quantitative estimate of drug-likeness (QED) is 0.832. The SMILES string of the molecule is CCCC(OC)c1noc(CC(C)C2CCCNC2)n1. The summed E-state index contributed by atoms with van der Waals surface area (Å²) < 4.78 is 10.8. The van der Waals surface area contributed by atoms with Crippen LogP contribution in [0.2, 0.25) is 0 Å². The number of methoxy groups -OCH3 is 1. The topological polar surface area (TPSA) is 60.2 Å². The van der Waals surface area contributed by atoms with E-state index in [-0.39, 0.29) is 6.10 Å². The molecule has 0 aliphatic carbocycles. The lowest BCUT2D eigenvalue weighted by Gasteiger charge is -2.27. The Morgan fingerprint density at radius 1 is 1.50 bits per heavy atom. The molecule has 114 valence electrons. The monoisotopic (exact) mass is 281 g/mol. The van der Waals surface area contributed by atoms with Gasteiger partial charge < -0.3 is 14.6 Å². The molecule has 0 radical (unpaired) electrons. The van der Waals surface area contributed by atoms with E-state index >= 15 is 0 Å². The summed E-state index contributed by atoms with van der Waals surface area (Å²) >= 11 is 0. The van der Waals surface area contributed by atoms with Crippen molar-refractivity contribution < 1.29 is 9.26 Å². The zero-order valence-electron chi connectivity index (χ0n) is 12.9. The maximum absolute atomic E-state index is 5.42. The van der Waals surface area contributed by atoms with Crippen LogP contribution in [0.3, 0.4) is 0 Å². The Balaban J connectivity index is 1.91. The molecule has 1 aromatic rings.